The Hall–Kier alpha value is -1.36. The van der Waals surface area contributed by atoms with Crippen LogP contribution in [0.3, 0.4) is 0 Å². The summed E-state index contributed by atoms with van der Waals surface area (Å²) in [6, 6.07) is 0. The molecule has 1 aliphatic heterocycles. The second kappa shape index (κ2) is 8.32. The number of nitrogens with one attached hydrogen (secondary N) is 1. The lowest BCUT2D eigenvalue weighted by Gasteiger charge is -2.26. The Labute approximate surface area is 134 Å². The first kappa shape index (κ1) is 17.0. The zero-order valence-corrected chi connectivity index (χ0v) is 14.3. The molecule has 1 saturated heterocycles. The first-order valence-electron chi connectivity index (χ1n) is 8.56. The van der Waals surface area contributed by atoms with E-state index < -0.39 is 0 Å². The Morgan fingerprint density at radius 1 is 1.23 bits per heavy atom. The van der Waals surface area contributed by atoms with E-state index in [0.717, 1.165) is 37.3 Å². The highest BCUT2D eigenvalue weighted by Crippen LogP contribution is 2.14. The van der Waals surface area contributed by atoms with Crippen LogP contribution in [0.25, 0.3) is 0 Å². The number of rotatable bonds is 7. The van der Waals surface area contributed by atoms with Gasteiger partial charge < -0.3 is 10.2 Å². The summed E-state index contributed by atoms with van der Waals surface area (Å²) >= 11 is 0. The van der Waals surface area contributed by atoms with E-state index >= 15 is 0 Å². The van der Waals surface area contributed by atoms with E-state index in [-0.39, 0.29) is 5.91 Å². The van der Waals surface area contributed by atoms with E-state index in [0.29, 0.717) is 6.42 Å². The van der Waals surface area contributed by atoms with Gasteiger partial charge in [-0.15, -0.1) is 0 Å². The van der Waals surface area contributed by atoms with Gasteiger partial charge >= 0.3 is 0 Å². The zero-order chi connectivity index (χ0) is 15.9. The maximum Gasteiger partial charge on any atom is 0.220 e. The Morgan fingerprint density at radius 3 is 2.59 bits per heavy atom. The molecule has 2 rings (SSSR count). The van der Waals surface area contributed by atoms with Crippen molar-refractivity contribution in [2.45, 2.75) is 52.4 Å². The largest absolute Gasteiger partial charge is 0.356 e. The van der Waals surface area contributed by atoms with Gasteiger partial charge in [0.2, 0.25) is 5.91 Å². The van der Waals surface area contributed by atoms with Gasteiger partial charge in [-0.1, -0.05) is 6.42 Å². The average Bonchev–Trinajstić information content (AvgIpc) is 2.76. The SMILES string of the molecule is Cc1nn(C)c(C)c1CCC(=O)NCCCN1CCCCC1. The molecule has 0 aromatic carbocycles. The molecule has 22 heavy (non-hydrogen) atoms. The van der Waals surface area contributed by atoms with E-state index in [2.05, 4.69) is 22.2 Å². The van der Waals surface area contributed by atoms with Gasteiger partial charge in [-0.3, -0.25) is 9.48 Å². The number of carbonyl (C=O) groups is 1. The molecule has 124 valence electrons. The predicted octanol–water partition coefficient (Wildman–Crippen LogP) is 1.96. The van der Waals surface area contributed by atoms with Crippen LogP contribution in [0.4, 0.5) is 0 Å². The molecule has 0 unspecified atom stereocenters. The molecule has 0 radical (unpaired) electrons. The third-order valence-corrected chi connectivity index (χ3v) is 4.68. The van der Waals surface area contributed by atoms with Crippen molar-refractivity contribution in [2.24, 2.45) is 7.05 Å². The fraction of sp³-hybridized carbons (Fsp3) is 0.765. The summed E-state index contributed by atoms with van der Waals surface area (Å²) in [5.41, 5.74) is 3.42. The summed E-state index contributed by atoms with van der Waals surface area (Å²) in [4.78, 5) is 14.5. The third-order valence-electron chi connectivity index (χ3n) is 4.68. The van der Waals surface area contributed by atoms with E-state index in [9.17, 15) is 4.79 Å². The maximum atomic E-state index is 11.9. The standard InChI is InChI=1S/C17H30N4O/c1-14-16(15(2)20(3)19-14)8-9-17(22)18-10-7-13-21-11-5-4-6-12-21/h4-13H2,1-3H3,(H,18,22). The van der Waals surface area contributed by atoms with Crippen LogP contribution in [0.2, 0.25) is 0 Å². The highest BCUT2D eigenvalue weighted by molar-refractivity contribution is 5.76. The molecule has 5 heteroatoms. The van der Waals surface area contributed by atoms with E-state index in [1.807, 2.05) is 18.7 Å². The number of hydrogen-bond donors (Lipinski definition) is 1. The molecular weight excluding hydrogens is 276 g/mol. The molecule has 0 saturated carbocycles. The van der Waals surface area contributed by atoms with Crippen molar-refractivity contribution in [1.82, 2.24) is 20.0 Å². The number of likely N-dealkylation sites (tertiary alicyclic amines) is 1. The number of carbonyl (C=O) groups excluding carboxylic acids is 1. The summed E-state index contributed by atoms with van der Waals surface area (Å²) in [6.45, 7) is 8.44. The van der Waals surface area contributed by atoms with Gasteiger partial charge in [-0.25, -0.2) is 0 Å². The summed E-state index contributed by atoms with van der Waals surface area (Å²) in [5.74, 6) is 0.154. The average molecular weight is 306 g/mol. The van der Waals surface area contributed by atoms with Crippen LogP contribution < -0.4 is 5.32 Å². The second-order valence-corrected chi connectivity index (χ2v) is 6.38. The molecule has 0 bridgehead atoms. The first-order chi connectivity index (χ1) is 10.6. The molecule has 0 atom stereocenters. The van der Waals surface area contributed by atoms with Crippen molar-refractivity contribution in [1.29, 1.82) is 0 Å². The maximum absolute atomic E-state index is 11.9. The molecule has 1 amide bonds. The monoisotopic (exact) mass is 306 g/mol. The van der Waals surface area contributed by atoms with Crippen molar-refractivity contribution in [2.75, 3.05) is 26.2 Å². The minimum atomic E-state index is 0.154. The number of aryl methyl sites for hydroxylation is 2. The summed E-state index contributed by atoms with van der Waals surface area (Å²) in [6.07, 6.45) is 6.42. The minimum absolute atomic E-state index is 0.154. The van der Waals surface area contributed by atoms with Crippen molar-refractivity contribution in [3.8, 4) is 0 Å². The van der Waals surface area contributed by atoms with Crippen molar-refractivity contribution < 1.29 is 4.79 Å². The van der Waals surface area contributed by atoms with Gasteiger partial charge in [0.1, 0.15) is 0 Å². The molecule has 1 aliphatic rings. The number of amides is 1. The third kappa shape index (κ3) is 4.83. The number of aromatic nitrogens is 2. The van der Waals surface area contributed by atoms with Crippen molar-refractivity contribution in [3.63, 3.8) is 0 Å². The summed E-state index contributed by atoms with van der Waals surface area (Å²) in [5, 5.41) is 7.44. The quantitative estimate of drug-likeness (QED) is 0.784. The number of hydrogen-bond acceptors (Lipinski definition) is 3. The molecule has 5 nitrogen and oxygen atoms in total. The van der Waals surface area contributed by atoms with Crippen LogP contribution in [-0.4, -0.2) is 46.8 Å². The van der Waals surface area contributed by atoms with Crippen molar-refractivity contribution in [3.05, 3.63) is 17.0 Å². The molecule has 2 heterocycles. The van der Waals surface area contributed by atoms with E-state index in [4.69, 9.17) is 0 Å². The van der Waals surface area contributed by atoms with E-state index in [1.54, 1.807) is 0 Å². The lowest BCUT2D eigenvalue weighted by molar-refractivity contribution is -0.121. The van der Waals surface area contributed by atoms with Crippen molar-refractivity contribution >= 4 is 5.91 Å². The molecule has 0 spiro atoms. The fourth-order valence-corrected chi connectivity index (χ4v) is 3.22. The predicted molar refractivity (Wildman–Crippen MR) is 88.9 cm³/mol. The van der Waals surface area contributed by atoms with Gasteiger partial charge in [-0.2, -0.15) is 5.10 Å². The normalized spacial score (nSPS) is 16.0. The molecule has 1 N–H and O–H groups in total. The molecule has 1 aromatic rings. The smallest absolute Gasteiger partial charge is 0.220 e. The molecule has 1 aromatic heterocycles. The highest BCUT2D eigenvalue weighted by Gasteiger charge is 2.12. The molecule has 1 fully saturated rings. The Morgan fingerprint density at radius 2 is 1.95 bits per heavy atom. The Balaban J connectivity index is 1.61. The lowest BCUT2D eigenvalue weighted by atomic mass is 10.1. The number of piperidine rings is 1. The van der Waals surface area contributed by atoms with Crippen LogP contribution in [0, 0.1) is 13.8 Å². The fourth-order valence-electron chi connectivity index (χ4n) is 3.22. The van der Waals surface area contributed by atoms with Crippen LogP contribution >= 0.6 is 0 Å². The van der Waals surface area contributed by atoms with Crippen LogP contribution in [0.5, 0.6) is 0 Å². The summed E-state index contributed by atoms with van der Waals surface area (Å²) < 4.78 is 1.89. The Kier molecular flexibility index (Phi) is 6.43. The van der Waals surface area contributed by atoms with Crippen LogP contribution in [0.1, 0.15) is 49.1 Å². The van der Waals surface area contributed by atoms with Crippen LogP contribution in [-0.2, 0) is 18.3 Å². The molecular formula is C17H30N4O. The minimum Gasteiger partial charge on any atom is -0.356 e. The van der Waals surface area contributed by atoms with Gasteiger partial charge in [-0.05, 0) is 64.7 Å². The van der Waals surface area contributed by atoms with Gasteiger partial charge in [0.15, 0.2) is 0 Å². The number of nitrogens with zero attached hydrogens (tertiary/aromatic N) is 3. The summed E-state index contributed by atoms with van der Waals surface area (Å²) in [7, 11) is 1.95. The van der Waals surface area contributed by atoms with Gasteiger partial charge in [0.05, 0.1) is 5.69 Å². The highest BCUT2D eigenvalue weighted by atomic mass is 16.1. The lowest BCUT2D eigenvalue weighted by Crippen LogP contribution is -2.33. The van der Waals surface area contributed by atoms with Gasteiger partial charge in [0.25, 0.3) is 0 Å². The topological polar surface area (TPSA) is 50.2 Å². The molecule has 0 aliphatic carbocycles. The second-order valence-electron chi connectivity index (χ2n) is 6.38. The van der Waals surface area contributed by atoms with E-state index in [1.165, 1.54) is 37.9 Å². The van der Waals surface area contributed by atoms with Gasteiger partial charge in [0, 0.05) is 25.7 Å². The zero-order valence-electron chi connectivity index (χ0n) is 14.3. The first-order valence-corrected chi connectivity index (χ1v) is 8.56. The Bertz CT molecular complexity index is 489. The van der Waals surface area contributed by atoms with Crippen LogP contribution in [0.15, 0.2) is 0 Å².